The van der Waals surface area contributed by atoms with Crippen molar-refractivity contribution in [2.24, 2.45) is 0 Å². The molecule has 0 atom stereocenters. The summed E-state index contributed by atoms with van der Waals surface area (Å²) < 4.78 is 14.7. The number of carboxylic acid groups (broad SMARTS) is 1. The summed E-state index contributed by atoms with van der Waals surface area (Å²) in [5.74, 6) is -0.952. The van der Waals surface area contributed by atoms with Crippen molar-refractivity contribution in [1.29, 1.82) is 0 Å². The smallest absolute Gasteiger partial charge is 0.336 e. The van der Waals surface area contributed by atoms with Gasteiger partial charge in [0.1, 0.15) is 5.69 Å². The topological polar surface area (TPSA) is 82.7 Å². The minimum absolute atomic E-state index is 0.129. The number of carboxylic acids is 1. The Morgan fingerprint density at radius 1 is 0.892 bits per heavy atom. The van der Waals surface area contributed by atoms with Crippen LogP contribution >= 0.6 is 0 Å². The van der Waals surface area contributed by atoms with Gasteiger partial charge in [-0.05, 0) is 47.7 Å². The zero-order valence-corrected chi connectivity index (χ0v) is 21.4. The van der Waals surface area contributed by atoms with E-state index in [1.165, 1.54) is 0 Å². The number of carbonyl (C=O) groups is 1. The Balaban J connectivity index is 1.69. The zero-order chi connectivity index (χ0) is 26.4. The van der Waals surface area contributed by atoms with Crippen LogP contribution in [0.3, 0.4) is 0 Å². The van der Waals surface area contributed by atoms with Crippen LogP contribution in [0.25, 0.3) is 16.8 Å². The molecular weight excluding hydrogens is 468 g/mol. The van der Waals surface area contributed by atoms with E-state index in [0.29, 0.717) is 30.6 Å². The minimum atomic E-state index is -0.952. The third kappa shape index (κ3) is 5.43. The molecule has 0 amide bonds. The normalized spacial score (nSPS) is 11.2. The van der Waals surface area contributed by atoms with Crippen LogP contribution in [0.4, 0.5) is 0 Å². The highest BCUT2D eigenvalue weighted by atomic mass is 16.7. The Labute approximate surface area is 216 Å². The van der Waals surface area contributed by atoms with Gasteiger partial charge in [0.25, 0.3) is 0 Å². The molecule has 7 nitrogen and oxygen atoms in total. The molecule has 0 saturated heterocycles. The lowest BCUT2D eigenvalue weighted by atomic mass is 9.98. The second-order valence-corrected chi connectivity index (χ2v) is 8.79. The standard InChI is InChI=1S/C30H32N2O5/c1-4-10-26-27(29(36-2)37-3)32(23-11-6-5-7-12-23)30(35)31(26)20-19-21-15-17-22(18-16-21)24-13-8-9-14-25(24)28(33)34/h5-9,11-18,29H,4,10,19-20H2,1-3H3,(H,33,34). The molecule has 37 heavy (non-hydrogen) atoms. The number of ether oxygens (including phenoxy) is 2. The number of aryl methyl sites for hydroxylation is 1. The van der Waals surface area contributed by atoms with Crippen molar-refractivity contribution in [3.05, 3.63) is 112 Å². The van der Waals surface area contributed by atoms with E-state index in [0.717, 1.165) is 28.9 Å². The Hall–Kier alpha value is -3.94. The molecule has 0 aliphatic carbocycles. The summed E-state index contributed by atoms with van der Waals surface area (Å²) in [6.45, 7) is 2.58. The number of hydrogen-bond acceptors (Lipinski definition) is 4. The van der Waals surface area contributed by atoms with E-state index in [4.69, 9.17) is 9.47 Å². The minimum Gasteiger partial charge on any atom is -0.478 e. The summed E-state index contributed by atoms with van der Waals surface area (Å²) in [6, 6.07) is 24.3. The highest BCUT2D eigenvalue weighted by molar-refractivity contribution is 5.95. The van der Waals surface area contributed by atoms with Gasteiger partial charge in [-0.1, -0.05) is 74.0 Å². The summed E-state index contributed by atoms with van der Waals surface area (Å²) >= 11 is 0. The summed E-state index contributed by atoms with van der Waals surface area (Å²) in [6.07, 6.45) is 1.53. The summed E-state index contributed by atoms with van der Waals surface area (Å²) in [7, 11) is 3.15. The van der Waals surface area contributed by atoms with E-state index >= 15 is 0 Å². The van der Waals surface area contributed by atoms with Crippen molar-refractivity contribution in [3.8, 4) is 16.8 Å². The van der Waals surface area contributed by atoms with E-state index in [1.54, 1.807) is 30.9 Å². The number of hydrogen-bond donors (Lipinski definition) is 1. The Morgan fingerprint density at radius 3 is 2.16 bits per heavy atom. The van der Waals surface area contributed by atoms with E-state index in [-0.39, 0.29) is 11.3 Å². The zero-order valence-electron chi connectivity index (χ0n) is 21.4. The van der Waals surface area contributed by atoms with Crippen molar-refractivity contribution in [2.75, 3.05) is 14.2 Å². The van der Waals surface area contributed by atoms with Crippen LogP contribution < -0.4 is 5.69 Å². The molecule has 0 saturated carbocycles. The van der Waals surface area contributed by atoms with Crippen molar-refractivity contribution in [1.82, 2.24) is 9.13 Å². The lowest BCUT2D eigenvalue weighted by Gasteiger charge is -2.18. The van der Waals surface area contributed by atoms with Crippen LogP contribution in [0.5, 0.6) is 0 Å². The van der Waals surface area contributed by atoms with Crippen molar-refractivity contribution >= 4 is 5.97 Å². The average Bonchev–Trinajstić information content (AvgIpc) is 3.20. The van der Waals surface area contributed by atoms with Gasteiger partial charge in [-0.3, -0.25) is 9.13 Å². The molecule has 1 heterocycles. The maximum Gasteiger partial charge on any atom is 0.336 e. The van der Waals surface area contributed by atoms with Crippen LogP contribution in [0.15, 0.2) is 83.7 Å². The van der Waals surface area contributed by atoms with Crippen molar-refractivity contribution in [2.45, 2.75) is 39.0 Å². The molecule has 3 aromatic carbocycles. The number of aromatic nitrogens is 2. The fourth-order valence-corrected chi connectivity index (χ4v) is 4.74. The van der Waals surface area contributed by atoms with Crippen LogP contribution in [0.1, 0.15) is 46.9 Å². The number of imidazole rings is 1. The predicted octanol–water partition coefficient (Wildman–Crippen LogP) is 5.49. The Kier molecular flexibility index (Phi) is 8.38. The molecule has 0 radical (unpaired) electrons. The SMILES string of the molecule is CCCc1c(C(OC)OC)n(-c2ccccc2)c(=O)n1CCc1ccc(-c2ccccc2C(=O)O)cc1. The van der Waals surface area contributed by atoms with Crippen LogP contribution in [-0.2, 0) is 28.9 Å². The summed E-state index contributed by atoms with van der Waals surface area (Å²) in [4.78, 5) is 25.4. The molecule has 0 bridgehead atoms. The van der Waals surface area contributed by atoms with Gasteiger partial charge in [-0.25, -0.2) is 9.59 Å². The summed E-state index contributed by atoms with van der Waals surface area (Å²) in [5, 5.41) is 9.52. The third-order valence-electron chi connectivity index (χ3n) is 6.48. The number of aromatic carboxylic acids is 1. The van der Waals surface area contributed by atoms with Gasteiger partial charge in [0.2, 0.25) is 6.29 Å². The number of rotatable bonds is 11. The van der Waals surface area contributed by atoms with Crippen LogP contribution in [0.2, 0.25) is 0 Å². The lowest BCUT2D eigenvalue weighted by Crippen LogP contribution is -2.25. The van der Waals surface area contributed by atoms with Crippen LogP contribution in [-0.4, -0.2) is 34.4 Å². The average molecular weight is 501 g/mol. The van der Waals surface area contributed by atoms with Crippen molar-refractivity contribution < 1.29 is 19.4 Å². The van der Waals surface area contributed by atoms with Crippen LogP contribution in [0, 0.1) is 0 Å². The highest BCUT2D eigenvalue weighted by Gasteiger charge is 2.27. The fourth-order valence-electron chi connectivity index (χ4n) is 4.74. The van der Waals surface area contributed by atoms with Gasteiger partial charge < -0.3 is 14.6 Å². The number of para-hydroxylation sites is 1. The first-order valence-corrected chi connectivity index (χ1v) is 12.4. The van der Waals surface area contributed by atoms with E-state index in [9.17, 15) is 14.7 Å². The Bertz CT molecular complexity index is 1400. The molecule has 0 fully saturated rings. The molecule has 7 heteroatoms. The summed E-state index contributed by atoms with van der Waals surface area (Å²) in [5.41, 5.74) is 5.08. The van der Waals surface area contributed by atoms with Gasteiger partial charge in [-0.15, -0.1) is 0 Å². The molecule has 0 aliphatic rings. The molecule has 4 aromatic rings. The number of benzene rings is 3. The third-order valence-corrected chi connectivity index (χ3v) is 6.48. The van der Waals surface area contributed by atoms with E-state index in [2.05, 4.69) is 6.92 Å². The number of methoxy groups -OCH3 is 2. The maximum atomic E-state index is 13.7. The lowest BCUT2D eigenvalue weighted by molar-refractivity contribution is -0.110. The number of nitrogens with zero attached hydrogens (tertiary/aromatic N) is 2. The second-order valence-electron chi connectivity index (χ2n) is 8.79. The predicted molar refractivity (Wildman–Crippen MR) is 143 cm³/mol. The molecular formula is C30H32N2O5. The molecule has 4 rings (SSSR count). The first-order chi connectivity index (χ1) is 18.0. The Morgan fingerprint density at radius 2 is 1.54 bits per heavy atom. The quantitative estimate of drug-likeness (QED) is 0.275. The molecule has 0 aliphatic heterocycles. The molecule has 1 aromatic heterocycles. The van der Waals surface area contributed by atoms with Gasteiger partial charge in [-0.2, -0.15) is 0 Å². The van der Waals surface area contributed by atoms with E-state index in [1.807, 2.05) is 71.3 Å². The second kappa shape index (κ2) is 11.9. The largest absolute Gasteiger partial charge is 0.478 e. The molecule has 192 valence electrons. The molecule has 0 unspecified atom stereocenters. The van der Waals surface area contributed by atoms with Gasteiger partial charge >= 0.3 is 11.7 Å². The molecule has 1 N–H and O–H groups in total. The van der Waals surface area contributed by atoms with Gasteiger partial charge in [0, 0.05) is 26.5 Å². The maximum absolute atomic E-state index is 13.7. The van der Waals surface area contributed by atoms with Crippen molar-refractivity contribution in [3.63, 3.8) is 0 Å². The van der Waals surface area contributed by atoms with Gasteiger partial charge in [0.15, 0.2) is 0 Å². The highest BCUT2D eigenvalue weighted by Crippen LogP contribution is 2.27. The monoisotopic (exact) mass is 500 g/mol. The fraction of sp³-hybridized carbons (Fsp3) is 0.267. The first kappa shape index (κ1) is 26.1. The first-order valence-electron chi connectivity index (χ1n) is 12.4. The van der Waals surface area contributed by atoms with Gasteiger partial charge in [0.05, 0.1) is 11.3 Å². The van der Waals surface area contributed by atoms with E-state index < -0.39 is 12.3 Å². The molecule has 0 spiro atoms.